The second kappa shape index (κ2) is 6.92. The fraction of sp³-hybridized carbons (Fsp3) is 0.263. The van der Waals surface area contributed by atoms with Crippen LogP contribution in [-0.4, -0.2) is 10.9 Å². The van der Waals surface area contributed by atoms with Crippen molar-refractivity contribution < 1.29 is 4.79 Å². The molecule has 1 amide bonds. The van der Waals surface area contributed by atoms with Gasteiger partial charge in [-0.2, -0.15) is 0 Å². The number of hydrogen-bond donors (Lipinski definition) is 1. The van der Waals surface area contributed by atoms with Crippen molar-refractivity contribution in [3.05, 3.63) is 48.5 Å². The van der Waals surface area contributed by atoms with Crippen LogP contribution in [0.1, 0.15) is 26.7 Å². The third kappa shape index (κ3) is 3.42. The minimum atomic E-state index is 0.0705. The van der Waals surface area contributed by atoms with Crippen molar-refractivity contribution in [3.63, 3.8) is 0 Å². The van der Waals surface area contributed by atoms with Gasteiger partial charge in [-0.25, -0.2) is 4.98 Å². The van der Waals surface area contributed by atoms with Crippen LogP contribution in [0.2, 0.25) is 0 Å². The molecule has 1 heterocycles. The molecule has 0 saturated heterocycles. The van der Waals surface area contributed by atoms with Crippen molar-refractivity contribution in [2.75, 3.05) is 5.32 Å². The SMILES string of the molecule is CCC(CC)C(=O)Nc1cccc(-c2nc3ccccc3s2)c1. The Kier molecular flexibility index (Phi) is 4.72. The molecule has 1 N–H and O–H groups in total. The first-order valence-electron chi connectivity index (χ1n) is 7.98. The number of hydrogen-bond acceptors (Lipinski definition) is 3. The summed E-state index contributed by atoms with van der Waals surface area (Å²) in [7, 11) is 0. The van der Waals surface area contributed by atoms with Crippen LogP contribution in [0.3, 0.4) is 0 Å². The van der Waals surface area contributed by atoms with E-state index in [1.54, 1.807) is 11.3 Å². The van der Waals surface area contributed by atoms with Gasteiger partial charge in [-0.05, 0) is 37.1 Å². The normalized spacial score (nSPS) is 11.1. The Morgan fingerprint density at radius 2 is 1.91 bits per heavy atom. The van der Waals surface area contributed by atoms with Crippen LogP contribution in [0.5, 0.6) is 0 Å². The van der Waals surface area contributed by atoms with Gasteiger partial charge < -0.3 is 5.32 Å². The first-order valence-corrected chi connectivity index (χ1v) is 8.79. The summed E-state index contributed by atoms with van der Waals surface area (Å²) < 4.78 is 1.17. The molecule has 0 unspecified atom stereocenters. The fourth-order valence-corrected chi connectivity index (χ4v) is 3.59. The maximum atomic E-state index is 12.2. The molecular formula is C19H20N2OS. The van der Waals surface area contributed by atoms with Gasteiger partial charge in [0, 0.05) is 17.2 Å². The number of carbonyl (C=O) groups is 1. The fourth-order valence-electron chi connectivity index (χ4n) is 2.63. The average molecular weight is 324 g/mol. The highest BCUT2D eigenvalue weighted by Gasteiger charge is 2.14. The van der Waals surface area contributed by atoms with Crippen molar-refractivity contribution in [2.45, 2.75) is 26.7 Å². The van der Waals surface area contributed by atoms with E-state index in [0.29, 0.717) is 0 Å². The number of aromatic nitrogens is 1. The van der Waals surface area contributed by atoms with Gasteiger partial charge in [-0.1, -0.05) is 38.1 Å². The second-order valence-electron chi connectivity index (χ2n) is 5.57. The van der Waals surface area contributed by atoms with E-state index in [2.05, 4.69) is 16.4 Å². The Morgan fingerprint density at radius 3 is 2.65 bits per heavy atom. The van der Waals surface area contributed by atoms with E-state index in [-0.39, 0.29) is 11.8 Å². The Morgan fingerprint density at radius 1 is 1.13 bits per heavy atom. The van der Waals surface area contributed by atoms with E-state index >= 15 is 0 Å². The number of carbonyl (C=O) groups excluding carboxylic acids is 1. The maximum absolute atomic E-state index is 12.2. The van der Waals surface area contributed by atoms with Crippen LogP contribution >= 0.6 is 11.3 Å². The molecule has 3 aromatic rings. The van der Waals surface area contributed by atoms with Crippen LogP contribution in [0.25, 0.3) is 20.8 Å². The Bertz CT molecular complexity index is 788. The summed E-state index contributed by atoms with van der Waals surface area (Å²) >= 11 is 1.67. The van der Waals surface area contributed by atoms with E-state index in [1.165, 1.54) is 4.70 Å². The van der Waals surface area contributed by atoms with E-state index in [0.717, 1.165) is 34.6 Å². The highest BCUT2D eigenvalue weighted by molar-refractivity contribution is 7.21. The number of amides is 1. The Balaban J connectivity index is 1.86. The molecule has 0 aliphatic heterocycles. The van der Waals surface area contributed by atoms with E-state index in [1.807, 2.05) is 56.3 Å². The summed E-state index contributed by atoms with van der Waals surface area (Å²) in [6.45, 7) is 4.09. The van der Waals surface area contributed by atoms with Gasteiger partial charge in [0.25, 0.3) is 0 Å². The topological polar surface area (TPSA) is 42.0 Å². The number of nitrogens with one attached hydrogen (secondary N) is 1. The lowest BCUT2D eigenvalue weighted by Crippen LogP contribution is -2.21. The van der Waals surface area contributed by atoms with Crippen LogP contribution in [0.4, 0.5) is 5.69 Å². The molecule has 0 radical (unpaired) electrons. The molecule has 3 rings (SSSR count). The number of rotatable bonds is 5. The van der Waals surface area contributed by atoms with Crippen molar-refractivity contribution >= 4 is 33.1 Å². The van der Waals surface area contributed by atoms with Crippen LogP contribution in [-0.2, 0) is 4.79 Å². The third-order valence-electron chi connectivity index (χ3n) is 4.03. The van der Waals surface area contributed by atoms with Crippen molar-refractivity contribution in [3.8, 4) is 10.6 Å². The molecule has 0 fully saturated rings. The third-order valence-corrected chi connectivity index (χ3v) is 5.11. The summed E-state index contributed by atoms with van der Waals surface area (Å²) in [4.78, 5) is 16.9. The molecule has 0 spiro atoms. The maximum Gasteiger partial charge on any atom is 0.227 e. The number of nitrogens with zero attached hydrogens (tertiary/aromatic N) is 1. The first-order chi connectivity index (χ1) is 11.2. The van der Waals surface area contributed by atoms with E-state index in [9.17, 15) is 4.79 Å². The van der Waals surface area contributed by atoms with Crippen molar-refractivity contribution in [1.82, 2.24) is 4.98 Å². The summed E-state index contributed by atoms with van der Waals surface area (Å²) in [5.41, 5.74) is 2.88. The van der Waals surface area contributed by atoms with Crippen LogP contribution in [0, 0.1) is 5.92 Å². The summed E-state index contributed by atoms with van der Waals surface area (Å²) in [5.74, 6) is 0.164. The zero-order valence-electron chi connectivity index (χ0n) is 13.4. The minimum absolute atomic E-state index is 0.0705. The molecule has 0 aliphatic rings. The summed E-state index contributed by atoms with van der Waals surface area (Å²) in [6.07, 6.45) is 1.72. The lowest BCUT2D eigenvalue weighted by molar-refractivity contribution is -0.120. The highest BCUT2D eigenvalue weighted by Crippen LogP contribution is 2.31. The van der Waals surface area contributed by atoms with Gasteiger partial charge in [0.2, 0.25) is 5.91 Å². The predicted molar refractivity (Wildman–Crippen MR) is 97.8 cm³/mol. The average Bonchev–Trinajstić information content (AvgIpc) is 3.00. The molecular weight excluding hydrogens is 304 g/mol. The summed E-state index contributed by atoms with van der Waals surface area (Å²) in [6, 6.07) is 16.0. The molecule has 2 aromatic carbocycles. The highest BCUT2D eigenvalue weighted by atomic mass is 32.1. The molecule has 1 aromatic heterocycles. The zero-order valence-corrected chi connectivity index (χ0v) is 14.2. The van der Waals surface area contributed by atoms with Gasteiger partial charge >= 0.3 is 0 Å². The van der Waals surface area contributed by atoms with E-state index in [4.69, 9.17) is 0 Å². The van der Waals surface area contributed by atoms with Crippen LogP contribution < -0.4 is 5.32 Å². The first kappa shape index (κ1) is 15.7. The van der Waals surface area contributed by atoms with Crippen molar-refractivity contribution in [2.24, 2.45) is 5.92 Å². The van der Waals surface area contributed by atoms with Gasteiger partial charge in [0.05, 0.1) is 10.2 Å². The number of fused-ring (bicyclic) bond motifs is 1. The lowest BCUT2D eigenvalue weighted by atomic mass is 10.0. The molecule has 0 bridgehead atoms. The smallest absolute Gasteiger partial charge is 0.227 e. The predicted octanol–water partition coefficient (Wildman–Crippen LogP) is 5.34. The molecule has 4 heteroatoms. The zero-order chi connectivity index (χ0) is 16.2. The Labute approximate surface area is 140 Å². The number of anilines is 1. The molecule has 0 aliphatic carbocycles. The Hall–Kier alpha value is -2.20. The lowest BCUT2D eigenvalue weighted by Gasteiger charge is -2.13. The van der Waals surface area contributed by atoms with Gasteiger partial charge in [0.15, 0.2) is 0 Å². The number of thiazole rings is 1. The molecule has 3 nitrogen and oxygen atoms in total. The summed E-state index contributed by atoms with van der Waals surface area (Å²) in [5, 5.41) is 4.00. The largest absolute Gasteiger partial charge is 0.326 e. The molecule has 118 valence electrons. The van der Waals surface area contributed by atoms with Crippen LogP contribution in [0.15, 0.2) is 48.5 Å². The van der Waals surface area contributed by atoms with E-state index < -0.39 is 0 Å². The molecule has 23 heavy (non-hydrogen) atoms. The van der Waals surface area contributed by atoms with Gasteiger partial charge in [-0.15, -0.1) is 11.3 Å². The van der Waals surface area contributed by atoms with Gasteiger partial charge in [-0.3, -0.25) is 4.79 Å². The number of benzene rings is 2. The molecule has 0 saturated carbocycles. The van der Waals surface area contributed by atoms with Gasteiger partial charge in [0.1, 0.15) is 5.01 Å². The number of para-hydroxylation sites is 1. The second-order valence-corrected chi connectivity index (χ2v) is 6.60. The standard InChI is InChI=1S/C19H20N2OS/c1-3-13(4-2)18(22)20-15-9-7-8-14(12-15)19-21-16-10-5-6-11-17(16)23-19/h5-13H,3-4H2,1-2H3,(H,20,22). The molecule has 0 atom stereocenters. The van der Waals surface area contributed by atoms with Crippen molar-refractivity contribution in [1.29, 1.82) is 0 Å². The monoisotopic (exact) mass is 324 g/mol. The minimum Gasteiger partial charge on any atom is -0.326 e. The quantitative estimate of drug-likeness (QED) is 0.688.